The summed E-state index contributed by atoms with van der Waals surface area (Å²) in [4.78, 5) is 35.2. The zero-order valence-electron chi connectivity index (χ0n) is 10.1. The number of benzene rings is 1. The van der Waals surface area contributed by atoms with Gasteiger partial charge in [0.2, 0.25) is 0 Å². The molecule has 4 heteroatoms. The molecule has 0 bridgehead atoms. The Morgan fingerprint density at radius 1 is 1.05 bits per heavy atom. The third kappa shape index (κ3) is 1.99. The Morgan fingerprint density at radius 3 is 2.53 bits per heavy atom. The Balaban J connectivity index is 1.84. The van der Waals surface area contributed by atoms with Crippen molar-refractivity contribution < 1.29 is 19.1 Å². The van der Waals surface area contributed by atoms with E-state index >= 15 is 0 Å². The van der Waals surface area contributed by atoms with Crippen LogP contribution in [0.3, 0.4) is 0 Å². The van der Waals surface area contributed by atoms with Crippen LogP contribution in [-0.2, 0) is 14.3 Å². The van der Waals surface area contributed by atoms with Crippen LogP contribution in [0.1, 0.15) is 16.8 Å². The molecule has 1 heterocycles. The lowest BCUT2D eigenvalue weighted by atomic mass is 9.78. The number of ketones is 1. The quantitative estimate of drug-likeness (QED) is 0.350. The highest BCUT2D eigenvalue weighted by atomic mass is 16.6. The summed E-state index contributed by atoms with van der Waals surface area (Å²) in [5, 5.41) is 0. The summed E-state index contributed by atoms with van der Waals surface area (Å²) >= 11 is 0. The molecule has 0 saturated carbocycles. The summed E-state index contributed by atoms with van der Waals surface area (Å²) in [6.07, 6.45) is 3.70. The molecule has 3 atom stereocenters. The smallest absolute Gasteiger partial charge is 0.321 e. The van der Waals surface area contributed by atoms with E-state index in [1.54, 1.807) is 36.4 Å². The molecule has 1 aliphatic heterocycles. The molecule has 1 aromatic rings. The Kier molecular flexibility index (Phi) is 2.78. The summed E-state index contributed by atoms with van der Waals surface area (Å²) in [5.41, 5.74) is 0.619. The van der Waals surface area contributed by atoms with Crippen molar-refractivity contribution in [2.45, 2.75) is 6.42 Å². The molecule has 4 nitrogen and oxygen atoms in total. The fourth-order valence-electron chi connectivity index (χ4n) is 2.63. The summed E-state index contributed by atoms with van der Waals surface area (Å²) in [5.74, 6) is -2.41. The Bertz CT molecular complexity index is 573. The number of cyclic esters (lactones) is 2. The number of carbonyl (C=O) groups is 3. The molecule has 1 aromatic carbocycles. The van der Waals surface area contributed by atoms with Crippen LogP contribution in [0, 0.1) is 17.8 Å². The van der Waals surface area contributed by atoms with Gasteiger partial charge in [-0.05, 0) is 6.42 Å². The minimum Gasteiger partial charge on any atom is -0.392 e. The predicted molar refractivity (Wildman–Crippen MR) is 66.1 cm³/mol. The van der Waals surface area contributed by atoms with Gasteiger partial charge < -0.3 is 4.74 Å². The first-order valence-electron chi connectivity index (χ1n) is 6.20. The van der Waals surface area contributed by atoms with Crippen LogP contribution in [0.15, 0.2) is 42.5 Å². The van der Waals surface area contributed by atoms with Crippen LogP contribution in [0.2, 0.25) is 0 Å². The van der Waals surface area contributed by atoms with E-state index in [0.29, 0.717) is 12.0 Å². The Labute approximate surface area is 110 Å². The first-order valence-corrected chi connectivity index (χ1v) is 6.20. The predicted octanol–water partition coefficient (Wildman–Crippen LogP) is 1.76. The first kappa shape index (κ1) is 11.8. The van der Waals surface area contributed by atoms with Crippen molar-refractivity contribution in [3.05, 3.63) is 48.0 Å². The Morgan fingerprint density at radius 2 is 1.79 bits per heavy atom. The highest BCUT2D eigenvalue weighted by Gasteiger charge is 2.46. The fourth-order valence-corrected chi connectivity index (χ4v) is 2.63. The molecule has 0 aromatic heterocycles. The molecule has 1 aliphatic carbocycles. The zero-order valence-corrected chi connectivity index (χ0v) is 10.1. The van der Waals surface area contributed by atoms with Gasteiger partial charge in [0.1, 0.15) is 0 Å². The van der Waals surface area contributed by atoms with Gasteiger partial charge in [0.25, 0.3) is 0 Å². The minimum atomic E-state index is -0.509. The second-order valence-corrected chi connectivity index (χ2v) is 4.83. The molecule has 1 fully saturated rings. The average Bonchev–Trinajstić information content (AvgIpc) is 2.74. The number of rotatable bonds is 2. The van der Waals surface area contributed by atoms with Gasteiger partial charge in [-0.1, -0.05) is 42.5 Å². The summed E-state index contributed by atoms with van der Waals surface area (Å²) in [6.45, 7) is 0. The number of allylic oxidation sites excluding steroid dienone is 1. The number of hydrogen-bond donors (Lipinski definition) is 0. The SMILES string of the molecule is O=C(c1ccccc1)C1C=CC2C(=O)OC(=O)C2C1. The zero-order chi connectivity index (χ0) is 13.4. The molecule has 1 saturated heterocycles. The van der Waals surface area contributed by atoms with Crippen molar-refractivity contribution >= 4 is 17.7 Å². The molecule has 0 spiro atoms. The van der Waals surface area contributed by atoms with Crippen LogP contribution in [0.4, 0.5) is 0 Å². The Hall–Kier alpha value is -2.23. The maximum atomic E-state index is 12.3. The van der Waals surface area contributed by atoms with Crippen molar-refractivity contribution in [3.63, 3.8) is 0 Å². The van der Waals surface area contributed by atoms with Crippen LogP contribution in [-0.4, -0.2) is 17.7 Å². The van der Waals surface area contributed by atoms with Crippen LogP contribution >= 0.6 is 0 Å². The number of carbonyl (C=O) groups excluding carboxylic acids is 3. The summed E-state index contributed by atoms with van der Waals surface area (Å²) < 4.78 is 4.60. The third-order valence-electron chi connectivity index (χ3n) is 3.66. The number of Topliss-reactive ketones (excluding diaryl/α,β-unsaturated/α-hetero) is 1. The van der Waals surface area contributed by atoms with Crippen molar-refractivity contribution in [3.8, 4) is 0 Å². The minimum absolute atomic E-state index is 0.0255. The van der Waals surface area contributed by atoms with E-state index in [1.807, 2.05) is 6.07 Å². The molecule has 0 N–H and O–H groups in total. The van der Waals surface area contributed by atoms with Gasteiger partial charge in [-0.2, -0.15) is 0 Å². The van der Waals surface area contributed by atoms with E-state index in [2.05, 4.69) is 4.74 Å². The van der Waals surface area contributed by atoms with E-state index in [1.165, 1.54) is 0 Å². The highest BCUT2D eigenvalue weighted by molar-refractivity contribution is 6.02. The van der Waals surface area contributed by atoms with Crippen molar-refractivity contribution in [2.75, 3.05) is 0 Å². The second-order valence-electron chi connectivity index (χ2n) is 4.83. The number of hydrogen-bond acceptors (Lipinski definition) is 4. The van der Waals surface area contributed by atoms with Gasteiger partial charge in [-0.25, -0.2) is 0 Å². The highest BCUT2D eigenvalue weighted by Crippen LogP contribution is 2.36. The maximum absolute atomic E-state index is 12.3. The first-order chi connectivity index (χ1) is 9.16. The van der Waals surface area contributed by atoms with Crippen molar-refractivity contribution in [2.24, 2.45) is 17.8 Å². The van der Waals surface area contributed by atoms with E-state index < -0.39 is 23.8 Å². The number of ether oxygens (including phenoxy) is 1. The summed E-state index contributed by atoms with van der Waals surface area (Å²) in [6, 6.07) is 8.95. The van der Waals surface area contributed by atoms with Crippen LogP contribution < -0.4 is 0 Å². The number of esters is 2. The standard InChI is InChI=1S/C15H12O4/c16-13(9-4-2-1-3-5-9)10-6-7-11-12(8-10)15(18)19-14(11)17/h1-7,10-12H,8H2. The van der Waals surface area contributed by atoms with Gasteiger partial charge in [0.15, 0.2) is 5.78 Å². The van der Waals surface area contributed by atoms with Crippen molar-refractivity contribution in [1.82, 2.24) is 0 Å². The van der Waals surface area contributed by atoms with E-state index in [9.17, 15) is 14.4 Å². The molecule has 19 heavy (non-hydrogen) atoms. The van der Waals surface area contributed by atoms with Crippen molar-refractivity contribution in [1.29, 1.82) is 0 Å². The molecular weight excluding hydrogens is 244 g/mol. The summed E-state index contributed by atoms with van der Waals surface area (Å²) in [7, 11) is 0. The van der Waals surface area contributed by atoms with Crippen LogP contribution in [0.5, 0.6) is 0 Å². The lowest BCUT2D eigenvalue weighted by Crippen LogP contribution is -2.27. The largest absolute Gasteiger partial charge is 0.392 e. The fraction of sp³-hybridized carbons (Fsp3) is 0.267. The van der Waals surface area contributed by atoms with E-state index in [0.717, 1.165) is 0 Å². The van der Waals surface area contributed by atoms with Crippen LogP contribution in [0.25, 0.3) is 0 Å². The molecule has 3 rings (SSSR count). The van der Waals surface area contributed by atoms with E-state index in [4.69, 9.17) is 0 Å². The molecule has 0 amide bonds. The molecule has 96 valence electrons. The van der Waals surface area contributed by atoms with Gasteiger partial charge in [0, 0.05) is 11.5 Å². The van der Waals surface area contributed by atoms with E-state index in [-0.39, 0.29) is 11.7 Å². The topological polar surface area (TPSA) is 60.4 Å². The monoisotopic (exact) mass is 256 g/mol. The lowest BCUT2D eigenvalue weighted by Gasteiger charge is -2.21. The third-order valence-corrected chi connectivity index (χ3v) is 3.66. The van der Waals surface area contributed by atoms with Gasteiger partial charge in [-0.3, -0.25) is 14.4 Å². The molecule has 3 unspecified atom stereocenters. The molecule has 2 aliphatic rings. The van der Waals surface area contributed by atoms with Gasteiger partial charge >= 0.3 is 11.9 Å². The average molecular weight is 256 g/mol. The maximum Gasteiger partial charge on any atom is 0.321 e. The lowest BCUT2D eigenvalue weighted by molar-refractivity contribution is -0.153. The number of fused-ring (bicyclic) bond motifs is 1. The molecule has 0 radical (unpaired) electrons. The van der Waals surface area contributed by atoms with Gasteiger partial charge in [-0.15, -0.1) is 0 Å². The second kappa shape index (κ2) is 4.46. The molecular formula is C15H12O4. The normalized spacial score (nSPS) is 28.9. The van der Waals surface area contributed by atoms with Gasteiger partial charge in [0.05, 0.1) is 11.8 Å².